The number of aliphatic hydroxyl groups excluding tert-OH is 1. The predicted molar refractivity (Wildman–Crippen MR) is 51.3 cm³/mol. The number of carbonyl (C=O) groups excluding carboxylic acids is 1. The van der Waals surface area contributed by atoms with Crippen LogP contribution in [0.3, 0.4) is 0 Å². The average Bonchev–Trinajstić information content (AvgIpc) is 2.24. The molecule has 1 amide bonds. The SMILES string of the molecule is COC(=O)N[C@H]1C[C@H](OC)O[C@@H](C)[C@@H]1O. The predicted octanol–water partition coefficient (Wildman–Crippen LogP) is -0.147. The van der Waals surface area contributed by atoms with Gasteiger partial charge in [-0.1, -0.05) is 0 Å². The number of alkyl carbamates (subject to hydrolysis) is 1. The van der Waals surface area contributed by atoms with E-state index in [1.165, 1.54) is 14.2 Å². The second-order valence-corrected chi connectivity index (χ2v) is 3.48. The molecule has 0 aliphatic carbocycles. The summed E-state index contributed by atoms with van der Waals surface area (Å²) >= 11 is 0. The van der Waals surface area contributed by atoms with Crippen LogP contribution in [-0.4, -0.2) is 50.0 Å². The molecule has 0 spiro atoms. The highest BCUT2D eigenvalue weighted by Gasteiger charge is 2.36. The number of methoxy groups -OCH3 is 2. The Morgan fingerprint density at radius 3 is 2.73 bits per heavy atom. The monoisotopic (exact) mass is 219 g/mol. The number of ether oxygens (including phenoxy) is 3. The van der Waals surface area contributed by atoms with E-state index in [1.54, 1.807) is 6.92 Å². The van der Waals surface area contributed by atoms with Gasteiger partial charge in [-0.25, -0.2) is 4.79 Å². The highest BCUT2D eigenvalue weighted by Crippen LogP contribution is 2.20. The molecule has 1 fully saturated rings. The van der Waals surface area contributed by atoms with Crippen LogP contribution in [0.1, 0.15) is 13.3 Å². The summed E-state index contributed by atoms with van der Waals surface area (Å²) in [5, 5.41) is 12.3. The van der Waals surface area contributed by atoms with E-state index in [4.69, 9.17) is 9.47 Å². The van der Waals surface area contributed by atoms with Crippen molar-refractivity contribution >= 4 is 6.09 Å². The second kappa shape index (κ2) is 5.29. The van der Waals surface area contributed by atoms with E-state index in [0.717, 1.165) is 0 Å². The topological polar surface area (TPSA) is 77.0 Å². The molecular weight excluding hydrogens is 202 g/mol. The van der Waals surface area contributed by atoms with Gasteiger partial charge in [-0.15, -0.1) is 0 Å². The third kappa shape index (κ3) is 3.05. The normalized spacial score (nSPS) is 36.0. The van der Waals surface area contributed by atoms with Crippen molar-refractivity contribution in [2.24, 2.45) is 0 Å². The maximum atomic E-state index is 11.0. The molecule has 0 bridgehead atoms. The highest BCUT2D eigenvalue weighted by molar-refractivity contribution is 5.67. The Bertz CT molecular complexity index is 223. The highest BCUT2D eigenvalue weighted by atomic mass is 16.7. The molecule has 6 heteroatoms. The van der Waals surface area contributed by atoms with E-state index < -0.39 is 24.5 Å². The first-order valence-corrected chi connectivity index (χ1v) is 4.79. The van der Waals surface area contributed by atoms with Crippen LogP contribution >= 0.6 is 0 Å². The summed E-state index contributed by atoms with van der Waals surface area (Å²) in [6.45, 7) is 1.72. The summed E-state index contributed by atoms with van der Waals surface area (Å²) in [7, 11) is 2.79. The number of aliphatic hydroxyl groups is 1. The van der Waals surface area contributed by atoms with Crippen LogP contribution < -0.4 is 5.32 Å². The quantitative estimate of drug-likeness (QED) is 0.675. The summed E-state index contributed by atoms with van der Waals surface area (Å²) in [6.07, 6.45) is -1.72. The van der Waals surface area contributed by atoms with E-state index in [1.807, 2.05) is 0 Å². The molecule has 0 aromatic carbocycles. The minimum atomic E-state index is -0.754. The summed E-state index contributed by atoms with van der Waals surface area (Å²) in [5.41, 5.74) is 0. The molecule has 1 heterocycles. The number of amides is 1. The molecule has 1 aliphatic heterocycles. The number of hydrogen-bond acceptors (Lipinski definition) is 5. The molecule has 1 saturated heterocycles. The Balaban J connectivity index is 2.56. The summed E-state index contributed by atoms with van der Waals surface area (Å²) in [4.78, 5) is 11.0. The van der Waals surface area contributed by atoms with E-state index in [-0.39, 0.29) is 6.10 Å². The van der Waals surface area contributed by atoms with Crippen molar-refractivity contribution < 1.29 is 24.1 Å². The molecule has 0 aromatic rings. The van der Waals surface area contributed by atoms with E-state index in [0.29, 0.717) is 6.42 Å². The van der Waals surface area contributed by atoms with Crippen molar-refractivity contribution in [2.45, 2.75) is 37.9 Å². The van der Waals surface area contributed by atoms with Gasteiger partial charge in [0.1, 0.15) is 6.10 Å². The fourth-order valence-corrected chi connectivity index (χ4v) is 1.56. The Labute approximate surface area is 88.5 Å². The van der Waals surface area contributed by atoms with Crippen LogP contribution in [0.4, 0.5) is 4.79 Å². The lowest BCUT2D eigenvalue weighted by molar-refractivity contribution is -0.214. The lowest BCUT2D eigenvalue weighted by atomic mass is 10.00. The van der Waals surface area contributed by atoms with Crippen LogP contribution in [0.5, 0.6) is 0 Å². The molecule has 4 atom stereocenters. The number of carbonyl (C=O) groups is 1. The molecule has 1 rings (SSSR count). The van der Waals surface area contributed by atoms with Crippen LogP contribution in [0.15, 0.2) is 0 Å². The molecule has 15 heavy (non-hydrogen) atoms. The summed E-state index contributed by atoms with van der Waals surface area (Å²) < 4.78 is 14.8. The molecule has 0 aromatic heterocycles. The van der Waals surface area contributed by atoms with Crippen LogP contribution in [-0.2, 0) is 14.2 Å². The van der Waals surface area contributed by atoms with E-state index in [9.17, 15) is 9.90 Å². The van der Waals surface area contributed by atoms with Crippen molar-refractivity contribution in [1.29, 1.82) is 0 Å². The standard InChI is InChI=1S/C9H17NO5/c1-5-8(11)6(10-9(12)14-3)4-7(13-2)15-5/h5-8,11H,4H2,1-3H3,(H,10,12)/t5-,6-,7+,8-/m0/s1. The van der Waals surface area contributed by atoms with Crippen molar-refractivity contribution in [3.8, 4) is 0 Å². The van der Waals surface area contributed by atoms with Crippen LogP contribution in [0.2, 0.25) is 0 Å². The largest absolute Gasteiger partial charge is 0.453 e. The maximum absolute atomic E-state index is 11.0. The summed E-state index contributed by atoms with van der Waals surface area (Å²) in [5.74, 6) is 0. The van der Waals surface area contributed by atoms with E-state index >= 15 is 0 Å². The molecular formula is C9H17NO5. The number of nitrogens with one attached hydrogen (secondary N) is 1. The zero-order valence-electron chi connectivity index (χ0n) is 9.10. The zero-order chi connectivity index (χ0) is 11.4. The Morgan fingerprint density at radius 1 is 1.53 bits per heavy atom. The van der Waals surface area contributed by atoms with Crippen molar-refractivity contribution in [1.82, 2.24) is 5.32 Å². The zero-order valence-corrected chi connectivity index (χ0v) is 9.10. The molecule has 6 nitrogen and oxygen atoms in total. The van der Waals surface area contributed by atoms with Crippen LogP contribution in [0, 0.1) is 0 Å². The first-order valence-electron chi connectivity index (χ1n) is 4.79. The fraction of sp³-hybridized carbons (Fsp3) is 0.889. The third-order valence-corrected chi connectivity index (χ3v) is 2.46. The van der Waals surface area contributed by atoms with E-state index in [2.05, 4.69) is 10.1 Å². The maximum Gasteiger partial charge on any atom is 0.407 e. The number of hydrogen-bond donors (Lipinski definition) is 2. The third-order valence-electron chi connectivity index (χ3n) is 2.46. The molecule has 88 valence electrons. The Kier molecular flexibility index (Phi) is 4.31. The number of rotatable bonds is 2. The van der Waals surface area contributed by atoms with Crippen molar-refractivity contribution in [3.63, 3.8) is 0 Å². The fourth-order valence-electron chi connectivity index (χ4n) is 1.56. The van der Waals surface area contributed by atoms with Gasteiger partial charge in [-0.3, -0.25) is 0 Å². The minimum absolute atomic E-state index is 0.383. The van der Waals surface area contributed by atoms with Gasteiger partial charge < -0.3 is 24.6 Å². The molecule has 1 aliphatic rings. The molecule has 2 N–H and O–H groups in total. The van der Waals surface area contributed by atoms with Gasteiger partial charge in [0.2, 0.25) is 0 Å². The van der Waals surface area contributed by atoms with Gasteiger partial charge in [0, 0.05) is 13.5 Å². The second-order valence-electron chi connectivity index (χ2n) is 3.48. The first kappa shape index (κ1) is 12.2. The van der Waals surface area contributed by atoms with Crippen molar-refractivity contribution in [2.75, 3.05) is 14.2 Å². The van der Waals surface area contributed by atoms with Crippen molar-refractivity contribution in [3.05, 3.63) is 0 Å². The Morgan fingerprint density at radius 2 is 2.20 bits per heavy atom. The lowest BCUT2D eigenvalue weighted by Gasteiger charge is -2.37. The van der Waals surface area contributed by atoms with Gasteiger partial charge >= 0.3 is 6.09 Å². The Hall–Kier alpha value is -0.850. The summed E-state index contributed by atoms with van der Waals surface area (Å²) in [6, 6.07) is -0.411. The van der Waals surface area contributed by atoms with Crippen LogP contribution in [0.25, 0.3) is 0 Å². The van der Waals surface area contributed by atoms with Gasteiger partial charge in [0.25, 0.3) is 0 Å². The lowest BCUT2D eigenvalue weighted by Crippen LogP contribution is -2.55. The molecule has 0 radical (unpaired) electrons. The van der Waals surface area contributed by atoms with Gasteiger partial charge in [0.15, 0.2) is 6.29 Å². The smallest absolute Gasteiger partial charge is 0.407 e. The molecule has 0 saturated carbocycles. The minimum Gasteiger partial charge on any atom is -0.453 e. The average molecular weight is 219 g/mol. The first-order chi connectivity index (χ1) is 7.08. The van der Waals surface area contributed by atoms with Gasteiger partial charge in [-0.05, 0) is 6.92 Å². The van der Waals surface area contributed by atoms with Gasteiger partial charge in [-0.2, -0.15) is 0 Å². The van der Waals surface area contributed by atoms with Gasteiger partial charge in [0.05, 0.1) is 19.3 Å². The molecule has 0 unspecified atom stereocenters.